The zero-order chi connectivity index (χ0) is 18.1. The largest absolute Gasteiger partial charge is 0.466 e. The van der Waals surface area contributed by atoms with E-state index in [2.05, 4.69) is 0 Å². The molecule has 0 radical (unpaired) electrons. The molecule has 1 aromatic heterocycles. The number of amides is 1. The first-order valence-corrected chi connectivity index (χ1v) is 8.30. The molecule has 0 saturated heterocycles. The zero-order valence-electron chi connectivity index (χ0n) is 14.6. The summed E-state index contributed by atoms with van der Waals surface area (Å²) in [5.41, 5.74) is 2.17. The fourth-order valence-electron chi connectivity index (χ4n) is 2.29. The molecular weight excluding hydrogens is 318 g/mol. The van der Waals surface area contributed by atoms with Crippen molar-refractivity contribution < 1.29 is 18.7 Å². The predicted molar refractivity (Wildman–Crippen MR) is 95.6 cm³/mol. The highest BCUT2D eigenvalue weighted by Crippen LogP contribution is 2.10. The molecule has 0 atom stereocenters. The Morgan fingerprint density at radius 1 is 1.20 bits per heavy atom. The Hall–Kier alpha value is -2.82. The van der Waals surface area contributed by atoms with Crippen molar-refractivity contribution in [1.29, 1.82) is 0 Å². The number of carbonyl (C=O) groups is 2. The van der Waals surface area contributed by atoms with Crippen LogP contribution in [0.15, 0.2) is 53.2 Å². The number of rotatable bonds is 8. The van der Waals surface area contributed by atoms with Crippen LogP contribution in [0.1, 0.15) is 30.2 Å². The van der Waals surface area contributed by atoms with E-state index >= 15 is 0 Å². The van der Waals surface area contributed by atoms with Crippen LogP contribution in [0, 0.1) is 6.92 Å². The van der Waals surface area contributed by atoms with E-state index in [0.29, 0.717) is 25.5 Å². The number of esters is 1. The lowest BCUT2D eigenvalue weighted by Crippen LogP contribution is -2.31. The maximum absolute atomic E-state index is 12.5. The normalized spacial score (nSPS) is 10.8. The van der Waals surface area contributed by atoms with E-state index in [1.165, 1.54) is 6.08 Å². The van der Waals surface area contributed by atoms with Crippen molar-refractivity contribution in [1.82, 2.24) is 4.90 Å². The van der Waals surface area contributed by atoms with Gasteiger partial charge in [0.15, 0.2) is 0 Å². The molecule has 2 aromatic rings. The standard InChI is InChI=1S/C20H23NO4/c1-3-24-20(23)12-13-21(15-17-8-6-16(2)7-9-17)19(22)11-10-18-5-4-14-25-18/h4-11,14H,3,12-13,15H2,1-2H3/b11-10+. The number of benzene rings is 1. The van der Waals surface area contributed by atoms with E-state index in [1.807, 2.05) is 31.2 Å². The summed E-state index contributed by atoms with van der Waals surface area (Å²) < 4.78 is 10.1. The van der Waals surface area contributed by atoms with Crippen LogP contribution in [0.3, 0.4) is 0 Å². The van der Waals surface area contributed by atoms with Gasteiger partial charge in [0, 0.05) is 19.2 Å². The van der Waals surface area contributed by atoms with Gasteiger partial charge in [-0.1, -0.05) is 29.8 Å². The summed E-state index contributed by atoms with van der Waals surface area (Å²) in [6.45, 7) is 4.84. The molecule has 0 saturated carbocycles. The summed E-state index contributed by atoms with van der Waals surface area (Å²) in [5.74, 6) is 0.120. The van der Waals surface area contributed by atoms with Crippen LogP contribution in [0.4, 0.5) is 0 Å². The van der Waals surface area contributed by atoms with Crippen molar-refractivity contribution in [2.75, 3.05) is 13.2 Å². The van der Waals surface area contributed by atoms with Crippen LogP contribution < -0.4 is 0 Å². The minimum Gasteiger partial charge on any atom is -0.466 e. The van der Waals surface area contributed by atoms with Gasteiger partial charge in [-0.15, -0.1) is 0 Å². The maximum atomic E-state index is 12.5. The second kappa shape index (κ2) is 9.47. The Balaban J connectivity index is 2.05. The number of ether oxygens (including phenoxy) is 1. The number of hydrogen-bond donors (Lipinski definition) is 0. The minimum atomic E-state index is -0.306. The highest BCUT2D eigenvalue weighted by atomic mass is 16.5. The fourth-order valence-corrected chi connectivity index (χ4v) is 2.29. The molecule has 2 rings (SSSR count). The molecule has 1 amide bonds. The maximum Gasteiger partial charge on any atom is 0.307 e. The Morgan fingerprint density at radius 2 is 1.96 bits per heavy atom. The second-order valence-electron chi connectivity index (χ2n) is 5.65. The molecular formula is C20H23NO4. The predicted octanol–water partition coefficient (Wildman–Crippen LogP) is 3.58. The van der Waals surface area contributed by atoms with E-state index in [-0.39, 0.29) is 18.3 Å². The van der Waals surface area contributed by atoms with Gasteiger partial charge in [0.1, 0.15) is 5.76 Å². The molecule has 0 bridgehead atoms. The number of hydrogen-bond acceptors (Lipinski definition) is 4. The fraction of sp³-hybridized carbons (Fsp3) is 0.300. The highest BCUT2D eigenvalue weighted by molar-refractivity contribution is 5.91. The molecule has 0 aliphatic rings. The van der Waals surface area contributed by atoms with Crippen molar-refractivity contribution in [2.45, 2.75) is 26.8 Å². The molecule has 132 valence electrons. The second-order valence-corrected chi connectivity index (χ2v) is 5.65. The van der Waals surface area contributed by atoms with Gasteiger partial charge in [-0.3, -0.25) is 9.59 Å². The number of aryl methyl sites for hydroxylation is 1. The first-order valence-electron chi connectivity index (χ1n) is 8.30. The van der Waals surface area contributed by atoms with Gasteiger partial charge >= 0.3 is 5.97 Å². The van der Waals surface area contributed by atoms with Crippen molar-refractivity contribution in [2.24, 2.45) is 0 Å². The molecule has 0 N–H and O–H groups in total. The van der Waals surface area contributed by atoms with E-state index in [1.54, 1.807) is 36.3 Å². The Labute approximate surface area is 147 Å². The first-order chi connectivity index (χ1) is 12.1. The van der Waals surface area contributed by atoms with Crippen LogP contribution in [0.2, 0.25) is 0 Å². The molecule has 0 aliphatic heterocycles. The van der Waals surface area contributed by atoms with Crippen molar-refractivity contribution >= 4 is 18.0 Å². The average Bonchev–Trinajstić information content (AvgIpc) is 3.12. The van der Waals surface area contributed by atoms with Crippen molar-refractivity contribution in [3.63, 3.8) is 0 Å². The van der Waals surface area contributed by atoms with Crippen LogP contribution in [-0.2, 0) is 20.9 Å². The van der Waals surface area contributed by atoms with Crippen molar-refractivity contribution in [3.8, 4) is 0 Å². The topological polar surface area (TPSA) is 59.8 Å². The third-order valence-electron chi connectivity index (χ3n) is 3.63. The van der Waals surface area contributed by atoms with E-state index in [9.17, 15) is 9.59 Å². The van der Waals surface area contributed by atoms with Gasteiger partial charge in [-0.2, -0.15) is 0 Å². The summed E-state index contributed by atoms with van der Waals surface area (Å²) >= 11 is 0. The Bertz CT molecular complexity index is 702. The molecule has 0 spiro atoms. The summed E-state index contributed by atoms with van der Waals surface area (Å²) in [6, 6.07) is 11.5. The highest BCUT2D eigenvalue weighted by Gasteiger charge is 2.14. The monoisotopic (exact) mass is 341 g/mol. The van der Waals surface area contributed by atoms with Gasteiger partial charge in [-0.05, 0) is 37.6 Å². The molecule has 0 aliphatic carbocycles. The minimum absolute atomic E-state index is 0.167. The number of nitrogens with zero attached hydrogens (tertiary/aromatic N) is 1. The van der Waals surface area contributed by atoms with Crippen LogP contribution in [0.5, 0.6) is 0 Å². The molecule has 5 heteroatoms. The zero-order valence-corrected chi connectivity index (χ0v) is 14.6. The summed E-state index contributed by atoms with van der Waals surface area (Å²) in [7, 11) is 0. The van der Waals surface area contributed by atoms with Gasteiger partial charge < -0.3 is 14.1 Å². The van der Waals surface area contributed by atoms with Crippen LogP contribution >= 0.6 is 0 Å². The summed E-state index contributed by atoms with van der Waals surface area (Å²) in [6.07, 6.45) is 4.79. The first kappa shape index (κ1) is 18.5. The number of carbonyl (C=O) groups excluding carboxylic acids is 2. The molecule has 0 fully saturated rings. The number of furan rings is 1. The SMILES string of the molecule is CCOC(=O)CCN(Cc1ccc(C)cc1)C(=O)/C=C/c1ccco1. The van der Waals surface area contributed by atoms with Gasteiger partial charge in [0.25, 0.3) is 0 Å². The average molecular weight is 341 g/mol. The van der Waals surface area contributed by atoms with E-state index in [0.717, 1.165) is 11.1 Å². The van der Waals surface area contributed by atoms with Crippen LogP contribution in [0.25, 0.3) is 6.08 Å². The molecule has 1 aromatic carbocycles. The molecule has 1 heterocycles. The Morgan fingerprint density at radius 3 is 2.60 bits per heavy atom. The lowest BCUT2D eigenvalue weighted by Gasteiger charge is -2.21. The third kappa shape index (κ3) is 6.30. The molecule has 0 unspecified atom stereocenters. The molecule has 5 nitrogen and oxygen atoms in total. The molecule has 25 heavy (non-hydrogen) atoms. The van der Waals surface area contributed by atoms with E-state index in [4.69, 9.17) is 9.15 Å². The third-order valence-corrected chi connectivity index (χ3v) is 3.63. The lowest BCUT2D eigenvalue weighted by molar-refractivity contribution is -0.143. The Kier molecular flexibility index (Phi) is 7.01. The summed E-state index contributed by atoms with van der Waals surface area (Å²) in [4.78, 5) is 25.8. The van der Waals surface area contributed by atoms with Crippen molar-refractivity contribution in [3.05, 3.63) is 65.6 Å². The smallest absolute Gasteiger partial charge is 0.307 e. The summed E-state index contributed by atoms with van der Waals surface area (Å²) in [5, 5.41) is 0. The van der Waals surface area contributed by atoms with E-state index < -0.39 is 0 Å². The van der Waals surface area contributed by atoms with Gasteiger partial charge in [0.05, 0.1) is 19.3 Å². The van der Waals surface area contributed by atoms with Gasteiger partial charge in [0.2, 0.25) is 5.91 Å². The van der Waals surface area contributed by atoms with Crippen LogP contribution in [-0.4, -0.2) is 29.9 Å². The van der Waals surface area contributed by atoms with Gasteiger partial charge in [-0.25, -0.2) is 0 Å². The lowest BCUT2D eigenvalue weighted by atomic mass is 10.1. The quantitative estimate of drug-likeness (QED) is 0.544.